The fourth-order valence-electron chi connectivity index (χ4n) is 2.44. The first-order valence-electron chi connectivity index (χ1n) is 8.05. The molecule has 3 N–H and O–H groups in total. The first-order chi connectivity index (χ1) is 12.2. The van der Waals surface area contributed by atoms with Gasteiger partial charge < -0.3 is 15.2 Å². The number of ether oxygens (including phenoxy) is 1. The second-order valence-electron chi connectivity index (χ2n) is 6.81. The third-order valence-corrected chi connectivity index (χ3v) is 3.56. The number of carbonyl (C=O) groups is 2. The smallest absolute Gasteiger partial charge is 0.360 e. The summed E-state index contributed by atoms with van der Waals surface area (Å²) in [5.74, 6) is -1.05. The van der Waals surface area contributed by atoms with Crippen LogP contribution in [-0.2, 0) is 4.74 Å². The summed E-state index contributed by atoms with van der Waals surface area (Å²) in [6.07, 6.45) is 0. The van der Waals surface area contributed by atoms with E-state index in [2.05, 4.69) is 15.5 Å². The Morgan fingerprint density at radius 3 is 2.58 bits per heavy atom. The van der Waals surface area contributed by atoms with E-state index in [0.717, 1.165) is 0 Å². The monoisotopic (exact) mass is 353 g/mol. The van der Waals surface area contributed by atoms with Crippen LogP contribution in [0.25, 0.3) is 10.9 Å². The van der Waals surface area contributed by atoms with Crippen molar-refractivity contribution >= 4 is 28.5 Å². The molecule has 0 aliphatic carbocycles. The number of benzene rings is 2. The van der Waals surface area contributed by atoms with Gasteiger partial charge in [-0.1, -0.05) is 12.1 Å². The van der Waals surface area contributed by atoms with Gasteiger partial charge in [-0.05, 0) is 51.1 Å². The number of anilines is 1. The van der Waals surface area contributed by atoms with Crippen LogP contribution in [0.5, 0.6) is 5.75 Å². The highest BCUT2D eigenvalue weighted by Gasteiger charge is 2.22. The summed E-state index contributed by atoms with van der Waals surface area (Å²) in [4.78, 5) is 24.5. The van der Waals surface area contributed by atoms with E-state index >= 15 is 0 Å². The number of H-pyrrole nitrogens is 1. The first kappa shape index (κ1) is 17.5. The molecule has 3 aromatic rings. The lowest BCUT2D eigenvalue weighted by Crippen LogP contribution is -2.24. The van der Waals surface area contributed by atoms with Crippen molar-refractivity contribution in [2.45, 2.75) is 26.4 Å². The molecule has 26 heavy (non-hydrogen) atoms. The van der Waals surface area contributed by atoms with E-state index < -0.39 is 17.5 Å². The van der Waals surface area contributed by atoms with E-state index in [1.807, 2.05) is 0 Å². The molecule has 0 unspecified atom stereocenters. The van der Waals surface area contributed by atoms with Crippen LogP contribution in [-0.4, -0.2) is 32.8 Å². The van der Waals surface area contributed by atoms with Crippen molar-refractivity contribution in [2.75, 3.05) is 5.32 Å². The number of aromatic nitrogens is 2. The standard InChI is InChI=1S/C19H19N3O4/c1-19(2,3)26-18(25)16-12-9-8-11(10-14(12)21-22-16)20-17(24)13-6-4-5-7-15(13)23/h4-10,23H,1-3H3,(H,20,24)(H,21,22). The molecular formula is C19H19N3O4. The van der Waals surface area contributed by atoms with Crippen molar-refractivity contribution in [1.29, 1.82) is 0 Å². The molecule has 7 heteroatoms. The van der Waals surface area contributed by atoms with Gasteiger partial charge in [0, 0.05) is 11.1 Å². The Bertz CT molecular complexity index is 986. The molecule has 0 radical (unpaired) electrons. The van der Waals surface area contributed by atoms with Crippen LogP contribution >= 0.6 is 0 Å². The number of esters is 1. The number of carbonyl (C=O) groups excluding carboxylic acids is 2. The number of nitrogens with zero attached hydrogens (tertiary/aromatic N) is 1. The van der Waals surface area contributed by atoms with Gasteiger partial charge in [0.2, 0.25) is 0 Å². The average molecular weight is 353 g/mol. The zero-order chi connectivity index (χ0) is 18.9. The highest BCUT2D eigenvalue weighted by molar-refractivity contribution is 6.08. The predicted octanol–water partition coefficient (Wildman–Crippen LogP) is 3.48. The van der Waals surface area contributed by atoms with Crippen LogP contribution in [0.3, 0.4) is 0 Å². The molecule has 3 rings (SSSR count). The second-order valence-corrected chi connectivity index (χ2v) is 6.81. The number of fused-ring (bicyclic) bond motifs is 1. The third kappa shape index (κ3) is 3.66. The Labute approximate surface area is 150 Å². The van der Waals surface area contributed by atoms with Gasteiger partial charge in [0.1, 0.15) is 11.4 Å². The summed E-state index contributed by atoms with van der Waals surface area (Å²) in [6, 6.07) is 11.3. The fraction of sp³-hybridized carbons (Fsp3) is 0.211. The molecule has 0 saturated heterocycles. The van der Waals surface area contributed by atoms with Crippen LogP contribution in [0.1, 0.15) is 41.6 Å². The average Bonchev–Trinajstić information content (AvgIpc) is 2.97. The van der Waals surface area contributed by atoms with E-state index in [1.165, 1.54) is 12.1 Å². The Balaban J connectivity index is 1.84. The van der Waals surface area contributed by atoms with Gasteiger partial charge in [0.15, 0.2) is 5.69 Å². The summed E-state index contributed by atoms with van der Waals surface area (Å²) < 4.78 is 5.34. The molecule has 7 nitrogen and oxygen atoms in total. The van der Waals surface area contributed by atoms with Crippen molar-refractivity contribution in [3.63, 3.8) is 0 Å². The van der Waals surface area contributed by atoms with E-state index in [0.29, 0.717) is 16.6 Å². The lowest BCUT2D eigenvalue weighted by atomic mass is 10.1. The van der Waals surface area contributed by atoms with Gasteiger partial charge in [0.25, 0.3) is 5.91 Å². The molecule has 0 fully saturated rings. The number of para-hydroxylation sites is 1. The number of hydrogen-bond acceptors (Lipinski definition) is 5. The van der Waals surface area contributed by atoms with E-state index in [-0.39, 0.29) is 17.0 Å². The Kier molecular flexibility index (Phi) is 4.38. The molecule has 0 aliphatic heterocycles. The SMILES string of the molecule is CC(C)(C)OC(=O)c1n[nH]c2cc(NC(=O)c3ccccc3O)ccc12. The number of aromatic amines is 1. The van der Waals surface area contributed by atoms with Crippen LogP contribution in [0, 0.1) is 0 Å². The number of hydrogen-bond donors (Lipinski definition) is 3. The van der Waals surface area contributed by atoms with Gasteiger partial charge >= 0.3 is 5.97 Å². The molecule has 1 heterocycles. The lowest BCUT2D eigenvalue weighted by molar-refractivity contribution is 0.00649. The molecular weight excluding hydrogens is 334 g/mol. The number of phenols is 1. The molecule has 0 bridgehead atoms. The van der Waals surface area contributed by atoms with Crippen molar-refractivity contribution in [1.82, 2.24) is 10.2 Å². The number of phenolic OH excluding ortho intramolecular Hbond substituents is 1. The van der Waals surface area contributed by atoms with Crippen LogP contribution in [0.15, 0.2) is 42.5 Å². The maximum absolute atomic E-state index is 12.3. The quantitative estimate of drug-likeness (QED) is 0.625. The van der Waals surface area contributed by atoms with E-state index in [1.54, 1.807) is 51.1 Å². The minimum atomic E-state index is -0.617. The fourth-order valence-corrected chi connectivity index (χ4v) is 2.44. The molecule has 0 atom stereocenters. The molecule has 0 saturated carbocycles. The molecule has 2 aromatic carbocycles. The van der Waals surface area contributed by atoms with Gasteiger partial charge in [-0.2, -0.15) is 5.10 Å². The van der Waals surface area contributed by atoms with Crippen molar-refractivity contribution < 1.29 is 19.4 Å². The molecule has 134 valence electrons. The lowest BCUT2D eigenvalue weighted by Gasteiger charge is -2.18. The highest BCUT2D eigenvalue weighted by atomic mass is 16.6. The first-order valence-corrected chi connectivity index (χ1v) is 8.05. The maximum atomic E-state index is 12.3. The van der Waals surface area contributed by atoms with E-state index in [4.69, 9.17) is 4.74 Å². The third-order valence-electron chi connectivity index (χ3n) is 3.56. The van der Waals surface area contributed by atoms with Crippen LogP contribution < -0.4 is 5.32 Å². The number of rotatable bonds is 3. The molecule has 0 aliphatic rings. The molecule has 1 amide bonds. The van der Waals surface area contributed by atoms with Crippen LogP contribution in [0.4, 0.5) is 5.69 Å². The molecule has 1 aromatic heterocycles. The molecule has 0 spiro atoms. The summed E-state index contributed by atoms with van der Waals surface area (Å²) in [5.41, 5.74) is 0.833. The summed E-state index contributed by atoms with van der Waals surface area (Å²) in [6.45, 7) is 5.35. The van der Waals surface area contributed by atoms with Gasteiger partial charge in [-0.3, -0.25) is 9.89 Å². The predicted molar refractivity (Wildman–Crippen MR) is 97.3 cm³/mol. The Hall–Kier alpha value is -3.35. The van der Waals surface area contributed by atoms with E-state index in [9.17, 15) is 14.7 Å². The number of aromatic hydroxyl groups is 1. The van der Waals surface area contributed by atoms with Gasteiger partial charge in [-0.25, -0.2) is 4.79 Å². The zero-order valence-electron chi connectivity index (χ0n) is 14.7. The van der Waals surface area contributed by atoms with Gasteiger partial charge in [0.05, 0.1) is 11.1 Å². The van der Waals surface area contributed by atoms with Crippen molar-refractivity contribution in [3.05, 3.63) is 53.7 Å². The highest BCUT2D eigenvalue weighted by Crippen LogP contribution is 2.24. The number of amides is 1. The van der Waals surface area contributed by atoms with Crippen LogP contribution in [0.2, 0.25) is 0 Å². The topological polar surface area (TPSA) is 104 Å². The minimum absolute atomic E-state index is 0.0974. The Morgan fingerprint density at radius 2 is 1.88 bits per heavy atom. The summed E-state index contributed by atoms with van der Waals surface area (Å²) in [7, 11) is 0. The summed E-state index contributed by atoms with van der Waals surface area (Å²) in [5, 5.41) is 19.8. The van der Waals surface area contributed by atoms with Crippen molar-refractivity contribution in [3.8, 4) is 5.75 Å². The van der Waals surface area contributed by atoms with Gasteiger partial charge in [-0.15, -0.1) is 0 Å². The zero-order valence-corrected chi connectivity index (χ0v) is 14.7. The largest absolute Gasteiger partial charge is 0.507 e. The maximum Gasteiger partial charge on any atom is 0.360 e. The summed E-state index contributed by atoms with van der Waals surface area (Å²) >= 11 is 0. The van der Waals surface area contributed by atoms with Crippen molar-refractivity contribution in [2.24, 2.45) is 0 Å². The number of nitrogens with one attached hydrogen (secondary N) is 2. The normalized spacial score (nSPS) is 11.3. The Morgan fingerprint density at radius 1 is 1.15 bits per heavy atom. The second kappa shape index (κ2) is 6.51. The minimum Gasteiger partial charge on any atom is -0.507 e.